The first-order valence-electron chi connectivity index (χ1n) is 5.70. The molecule has 0 aliphatic rings. The summed E-state index contributed by atoms with van der Waals surface area (Å²) in [5.74, 6) is -0.890. The van der Waals surface area contributed by atoms with Crippen LogP contribution in [-0.4, -0.2) is 36.8 Å². The molecule has 0 fully saturated rings. The van der Waals surface area contributed by atoms with Crippen LogP contribution in [0.3, 0.4) is 0 Å². The lowest BCUT2D eigenvalue weighted by molar-refractivity contribution is 0.0697. The second kappa shape index (κ2) is 5.41. The molecule has 0 amide bonds. The van der Waals surface area contributed by atoms with E-state index >= 15 is 0 Å². The second-order valence-electron chi connectivity index (χ2n) is 4.23. The molecule has 1 unspecified atom stereocenters. The average Bonchev–Trinajstić information content (AvgIpc) is 2.38. The summed E-state index contributed by atoms with van der Waals surface area (Å²) in [6.45, 7) is 0.134. The summed E-state index contributed by atoms with van der Waals surface area (Å²) in [6, 6.07) is 4.09. The number of benzene rings is 1. The molecule has 1 atom stereocenters. The van der Waals surface area contributed by atoms with Gasteiger partial charge in [0, 0.05) is 29.4 Å². The summed E-state index contributed by atoms with van der Waals surface area (Å²) in [5.41, 5.74) is -0.896. The van der Waals surface area contributed by atoms with E-state index in [4.69, 9.17) is 5.11 Å². The van der Waals surface area contributed by atoms with E-state index in [1.54, 1.807) is 0 Å². The molecule has 1 aromatic carbocycles. The van der Waals surface area contributed by atoms with Gasteiger partial charge in [-0.15, -0.1) is 0 Å². The van der Waals surface area contributed by atoms with Crippen LogP contribution in [0.2, 0.25) is 0 Å². The molecule has 0 bridgehead atoms. The first kappa shape index (κ1) is 14.2. The number of hydrogen-bond acceptors (Lipinski definition) is 4. The van der Waals surface area contributed by atoms with Gasteiger partial charge in [0.1, 0.15) is 0 Å². The summed E-state index contributed by atoms with van der Waals surface area (Å²) < 4.78 is 12.3. The minimum Gasteiger partial charge on any atom is -0.478 e. The van der Waals surface area contributed by atoms with Crippen LogP contribution in [0.25, 0.3) is 11.0 Å². The number of carboxylic acids is 1. The fraction of sp³-hybridized carbons (Fsp3) is 0.250. The number of carboxylic acid groups (broad SMARTS) is 1. The predicted molar refractivity (Wildman–Crippen MR) is 74.7 cm³/mol. The maximum atomic E-state index is 11.8. The molecule has 0 saturated heterocycles. The molecule has 0 spiro atoms. The fourth-order valence-electron chi connectivity index (χ4n) is 1.85. The number of aryl methyl sites for hydroxylation is 1. The summed E-state index contributed by atoms with van der Waals surface area (Å²) in [5, 5.41) is 8.91. The molecular formula is C12H12N2O5S. The number of aromatic carboxylic acids is 1. The quantitative estimate of drug-likeness (QED) is 0.757. The number of nitrogens with one attached hydrogen (secondary N) is 1. The highest BCUT2D eigenvalue weighted by atomic mass is 32.2. The number of rotatable bonds is 4. The number of aromatic nitrogens is 2. The third kappa shape index (κ3) is 2.69. The van der Waals surface area contributed by atoms with Crippen LogP contribution in [0.1, 0.15) is 10.4 Å². The number of nitrogens with zero attached hydrogens (tertiary/aromatic N) is 1. The van der Waals surface area contributed by atoms with Gasteiger partial charge in [-0.1, -0.05) is 0 Å². The fourth-order valence-corrected chi connectivity index (χ4v) is 2.29. The Bertz CT molecular complexity index is 821. The predicted octanol–water partition coefficient (Wildman–Crippen LogP) is -0.233. The lowest BCUT2D eigenvalue weighted by atomic mass is 10.2. The van der Waals surface area contributed by atoms with Crippen LogP contribution < -0.4 is 11.1 Å². The highest BCUT2D eigenvalue weighted by molar-refractivity contribution is 7.84. The van der Waals surface area contributed by atoms with Gasteiger partial charge >= 0.3 is 17.1 Å². The zero-order valence-electron chi connectivity index (χ0n) is 10.6. The monoisotopic (exact) mass is 296 g/mol. The zero-order valence-corrected chi connectivity index (χ0v) is 11.4. The highest BCUT2D eigenvalue weighted by Gasteiger charge is 2.10. The zero-order chi connectivity index (χ0) is 14.9. The van der Waals surface area contributed by atoms with Crippen molar-refractivity contribution in [1.29, 1.82) is 0 Å². The van der Waals surface area contributed by atoms with Gasteiger partial charge in [-0.2, -0.15) is 0 Å². The van der Waals surface area contributed by atoms with Crippen molar-refractivity contribution in [2.45, 2.75) is 6.54 Å². The normalized spacial score (nSPS) is 12.4. The maximum absolute atomic E-state index is 11.8. The number of hydrogen-bond donors (Lipinski definition) is 2. The first-order valence-corrected chi connectivity index (χ1v) is 7.43. The molecule has 1 aromatic heterocycles. The Morgan fingerprint density at radius 3 is 2.70 bits per heavy atom. The molecule has 1 heterocycles. The summed E-state index contributed by atoms with van der Waals surface area (Å²) in [6.07, 6.45) is 1.50. The van der Waals surface area contributed by atoms with Crippen molar-refractivity contribution < 1.29 is 14.1 Å². The average molecular weight is 296 g/mol. The third-order valence-electron chi connectivity index (χ3n) is 2.82. The molecule has 20 heavy (non-hydrogen) atoms. The lowest BCUT2D eigenvalue weighted by Crippen LogP contribution is -2.37. The van der Waals surface area contributed by atoms with E-state index in [-0.39, 0.29) is 23.4 Å². The molecule has 0 saturated carbocycles. The molecule has 2 N–H and O–H groups in total. The van der Waals surface area contributed by atoms with E-state index in [0.717, 1.165) is 0 Å². The van der Waals surface area contributed by atoms with Crippen molar-refractivity contribution >= 4 is 27.8 Å². The van der Waals surface area contributed by atoms with Gasteiger partial charge < -0.3 is 14.7 Å². The molecule has 0 aliphatic carbocycles. The molecular weight excluding hydrogens is 284 g/mol. The standard InChI is InChI=1S/C12H12N2O5S/c1-20(19)5-4-14-9-3-2-7(12(17)18)6-8(9)13-10(15)11(14)16/h2-3,6H,4-5H2,1H3,(H,13,15)(H,17,18). The van der Waals surface area contributed by atoms with Crippen LogP contribution >= 0.6 is 0 Å². The van der Waals surface area contributed by atoms with Crippen LogP contribution in [0.15, 0.2) is 27.8 Å². The third-order valence-corrected chi connectivity index (χ3v) is 3.58. The summed E-state index contributed by atoms with van der Waals surface area (Å²) in [4.78, 5) is 36.6. The minimum absolute atomic E-state index is 0.0115. The van der Waals surface area contributed by atoms with Crippen molar-refractivity contribution in [2.75, 3.05) is 12.0 Å². The molecule has 0 aliphatic heterocycles. The minimum atomic E-state index is -1.12. The van der Waals surface area contributed by atoms with Gasteiger partial charge in [-0.3, -0.25) is 13.8 Å². The van der Waals surface area contributed by atoms with Crippen molar-refractivity contribution in [3.63, 3.8) is 0 Å². The lowest BCUT2D eigenvalue weighted by Gasteiger charge is -2.09. The first-order chi connectivity index (χ1) is 9.40. The Morgan fingerprint density at radius 2 is 2.10 bits per heavy atom. The van der Waals surface area contributed by atoms with Crippen LogP contribution in [0.5, 0.6) is 0 Å². The highest BCUT2D eigenvalue weighted by Crippen LogP contribution is 2.11. The van der Waals surface area contributed by atoms with Crippen LogP contribution in [0, 0.1) is 0 Å². The number of H-pyrrole nitrogens is 1. The van der Waals surface area contributed by atoms with E-state index in [0.29, 0.717) is 5.52 Å². The second-order valence-corrected chi connectivity index (χ2v) is 5.78. The molecule has 0 radical (unpaired) electrons. The van der Waals surface area contributed by atoms with E-state index in [1.807, 2.05) is 0 Å². The van der Waals surface area contributed by atoms with Gasteiger partial charge in [0.15, 0.2) is 0 Å². The Morgan fingerprint density at radius 1 is 1.40 bits per heavy atom. The van der Waals surface area contributed by atoms with Crippen molar-refractivity contribution in [3.8, 4) is 0 Å². The molecule has 8 heteroatoms. The molecule has 2 rings (SSSR count). The van der Waals surface area contributed by atoms with Gasteiger partial charge in [-0.25, -0.2) is 4.79 Å². The number of aromatic amines is 1. The topological polar surface area (TPSA) is 109 Å². The summed E-state index contributed by atoms with van der Waals surface area (Å²) in [7, 11) is -1.10. The largest absolute Gasteiger partial charge is 0.478 e. The number of fused-ring (bicyclic) bond motifs is 1. The molecule has 106 valence electrons. The smallest absolute Gasteiger partial charge is 0.335 e. The van der Waals surface area contributed by atoms with Gasteiger partial charge in [-0.05, 0) is 18.2 Å². The van der Waals surface area contributed by atoms with E-state index < -0.39 is 27.9 Å². The Balaban J connectivity index is 2.68. The van der Waals surface area contributed by atoms with Gasteiger partial charge in [0.25, 0.3) is 0 Å². The maximum Gasteiger partial charge on any atom is 0.335 e. The van der Waals surface area contributed by atoms with E-state index in [2.05, 4.69) is 4.98 Å². The van der Waals surface area contributed by atoms with Crippen molar-refractivity contribution in [2.24, 2.45) is 0 Å². The van der Waals surface area contributed by atoms with Gasteiger partial charge in [0.2, 0.25) is 0 Å². The number of carbonyl (C=O) groups is 1. The van der Waals surface area contributed by atoms with E-state index in [9.17, 15) is 18.6 Å². The Kier molecular flexibility index (Phi) is 3.84. The van der Waals surface area contributed by atoms with E-state index in [1.165, 1.54) is 29.0 Å². The van der Waals surface area contributed by atoms with Crippen LogP contribution in [-0.2, 0) is 17.3 Å². The van der Waals surface area contributed by atoms with Crippen LogP contribution in [0.4, 0.5) is 0 Å². The SMILES string of the molecule is CS(=O)CCn1c(=O)c(=O)[nH]c2cc(C(=O)O)ccc21. The van der Waals surface area contributed by atoms with Gasteiger partial charge in [0.05, 0.1) is 16.6 Å². The van der Waals surface area contributed by atoms with Crippen molar-refractivity contribution in [1.82, 2.24) is 9.55 Å². The Labute approximate surface area is 115 Å². The summed E-state index contributed by atoms with van der Waals surface area (Å²) >= 11 is 0. The Hall–Kier alpha value is -2.22. The molecule has 2 aromatic rings. The molecule has 7 nitrogen and oxygen atoms in total. The van der Waals surface area contributed by atoms with Crippen molar-refractivity contribution in [3.05, 3.63) is 44.5 Å².